The minimum atomic E-state index is -1.82. The number of β-amino-alcohol motifs (C(OH)–C–C–N with tert-alkyl or cyclic N) is 1. The van der Waals surface area contributed by atoms with Gasteiger partial charge < -0.3 is 81.1 Å². The molecule has 5 rings (SSSR count). The number of hydrogen-bond acceptors (Lipinski definition) is 17. The van der Waals surface area contributed by atoms with E-state index in [1.54, 1.807) is 0 Å². The summed E-state index contributed by atoms with van der Waals surface area (Å²) < 4.78 is 8.76. The number of aliphatic hydroxyl groups excluding tert-OH is 3. The van der Waals surface area contributed by atoms with Gasteiger partial charge in [-0.2, -0.15) is 23.9 Å². The number of aliphatic carboxylic acids is 5. The van der Waals surface area contributed by atoms with Crippen molar-refractivity contribution in [3.8, 4) is 0 Å². The summed E-state index contributed by atoms with van der Waals surface area (Å²) in [6.07, 6.45) is 14.2. The van der Waals surface area contributed by atoms with Crippen LogP contribution in [-0.4, -0.2) is 180 Å². The monoisotopic (exact) mass is 1360 g/mol. The number of carboxylic acid groups (broad SMARTS) is 5. The SMILES string of the molecule is CO.CO.O.O=C(O)C(=O)O.O=C(O)C(=O)O.O=C(O)CCC(=O)OCCN1C(=O)C=CC1=O.O=C1C=CC(=O)N1CCO.O=C1CCC(=O)O1.[CH2-][C@@H]1CCCC[C@H]1[NH-].[CH2-][C@@H]1CCCC[C@H]1[NH-].[Pt+2].[Pt+2]. The van der Waals surface area contributed by atoms with Gasteiger partial charge in [0.05, 0.1) is 45.4 Å². The number of cyclic esters (lactones) is 2. The third-order valence-electron chi connectivity index (χ3n) is 8.19. The second-order valence-corrected chi connectivity index (χ2v) is 13.0. The normalized spacial score (nSPS) is 18.7. The quantitative estimate of drug-likeness (QED) is 0.0505. The van der Waals surface area contributed by atoms with Gasteiger partial charge in [0.2, 0.25) is 0 Å². The van der Waals surface area contributed by atoms with Gasteiger partial charge in [-0.25, -0.2) is 19.2 Å². The van der Waals surface area contributed by atoms with Gasteiger partial charge in [0.25, 0.3) is 23.6 Å². The van der Waals surface area contributed by atoms with Gasteiger partial charge in [0.1, 0.15) is 6.61 Å². The Morgan fingerprint density at radius 3 is 1.12 bits per heavy atom. The Bertz CT molecular complexity index is 1520. The van der Waals surface area contributed by atoms with Crippen LogP contribution in [0.3, 0.4) is 0 Å². The van der Waals surface area contributed by atoms with Crippen molar-refractivity contribution in [2.75, 3.05) is 40.5 Å². The minimum Gasteiger partial charge on any atom is -0.677 e. The average molecular weight is 1360 g/mol. The molecule has 2 aliphatic carbocycles. The third-order valence-corrected chi connectivity index (χ3v) is 8.19. The molecule has 5 aliphatic rings. The number of carboxylic acids is 5. The van der Waals surface area contributed by atoms with Crippen LogP contribution in [0, 0.1) is 25.7 Å². The van der Waals surface area contributed by atoms with Crippen LogP contribution < -0.4 is 0 Å². The number of ether oxygens (including phenoxy) is 2. The number of esters is 3. The van der Waals surface area contributed by atoms with E-state index >= 15 is 0 Å². The first-order valence-corrected chi connectivity index (χ1v) is 19.6. The maximum absolute atomic E-state index is 11.1. The molecule has 69 heavy (non-hydrogen) atoms. The van der Waals surface area contributed by atoms with Gasteiger partial charge in [-0.1, -0.05) is 51.4 Å². The minimum absolute atomic E-state index is 0. The van der Waals surface area contributed by atoms with Gasteiger partial charge in [-0.15, -0.1) is 0 Å². The van der Waals surface area contributed by atoms with Gasteiger partial charge in [-0.3, -0.25) is 48.2 Å². The average Bonchev–Trinajstić information content (AvgIpc) is 3.93. The molecule has 27 nitrogen and oxygen atoms in total. The molecular formula is C40H62N4O23Pt2. The number of carbonyl (C=O) groups excluding carboxylic acids is 7. The van der Waals surface area contributed by atoms with Crippen molar-refractivity contribution >= 4 is 71.4 Å². The topological polar surface area (TPSA) is 471 Å². The van der Waals surface area contributed by atoms with Crippen LogP contribution in [-0.2, 0) is 109 Å². The van der Waals surface area contributed by atoms with E-state index in [-0.39, 0.29) is 123 Å². The molecule has 2 saturated carbocycles. The number of nitrogens with one attached hydrogen (secondary N) is 2. The van der Waals surface area contributed by atoms with Crippen molar-refractivity contribution in [1.82, 2.24) is 9.80 Å². The van der Waals surface area contributed by atoms with Crippen molar-refractivity contribution in [3.05, 3.63) is 49.6 Å². The molecule has 0 radical (unpaired) electrons. The zero-order valence-corrected chi connectivity index (χ0v) is 42.2. The van der Waals surface area contributed by atoms with Gasteiger partial charge in [-0.05, 0) is 0 Å². The van der Waals surface area contributed by atoms with Crippen LogP contribution in [0.25, 0.3) is 11.5 Å². The van der Waals surface area contributed by atoms with E-state index in [0.29, 0.717) is 11.8 Å². The van der Waals surface area contributed by atoms with Crippen LogP contribution in [0.2, 0.25) is 0 Å². The summed E-state index contributed by atoms with van der Waals surface area (Å²) in [7, 11) is 2.00. The van der Waals surface area contributed by atoms with Crippen LogP contribution in [0.5, 0.6) is 0 Å². The first-order chi connectivity index (χ1) is 30.9. The Kier molecular flexibility index (Phi) is 54.2. The molecule has 4 amide bonds. The molecule has 400 valence electrons. The van der Waals surface area contributed by atoms with Gasteiger partial charge in [0.15, 0.2) is 0 Å². The molecule has 3 aliphatic heterocycles. The van der Waals surface area contributed by atoms with Crippen LogP contribution in [0.1, 0.15) is 77.0 Å². The van der Waals surface area contributed by atoms with Crippen LogP contribution in [0.4, 0.5) is 0 Å². The van der Waals surface area contributed by atoms with Crippen molar-refractivity contribution in [1.29, 1.82) is 0 Å². The summed E-state index contributed by atoms with van der Waals surface area (Å²) >= 11 is 0. The fourth-order valence-corrected chi connectivity index (χ4v) is 4.78. The van der Waals surface area contributed by atoms with E-state index in [0.717, 1.165) is 49.0 Å². The molecule has 0 aromatic heterocycles. The van der Waals surface area contributed by atoms with E-state index in [1.165, 1.54) is 50.7 Å². The molecule has 0 unspecified atom stereocenters. The number of aliphatic hydroxyl groups is 3. The van der Waals surface area contributed by atoms with Crippen molar-refractivity contribution in [3.63, 3.8) is 0 Å². The second-order valence-electron chi connectivity index (χ2n) is 13.0. The Balaban J connectivity index is -0.000000131. The zero-order chi connectivity index (χ0) is 51.9. The Morgan fingerprint density at radius 1 is 0.594 bits per heavy atom. The van der Waals surface area contributed by atoms with E-state index in [4.69, 9.17) is 71.5 Å². The second kappa shape index (κ2) is 47.9. The van der Waals surface area contributed by atoms with Crippen LogP contribution >= 0.6 is 0 Å². The number of imide groups is 2. The first-order valence-electron chi connectivity index (χ1n) is 19.6. The fraction of sp³-hybridized carbons (Fsp3) is 0.550. The molecule has 29 heteroatoms. The van der Waals surface area contributed by atoms with Gasteiger partial charge in [0, 0.05) is 38.5 Å². The zero-order valence-electron chi connectivity index (χ0n) is 37.7. The molecule has 3 fully saturated rings. The predicted octanol–water partition coefficient (Wildman–Crippen LogP) is -0.365. The molecule has 0 aromatic carbocycles. The molecule has 0 aromatic rings. The largest absolute Gasteiger partial charge is 2.00 e. The molecule has 12 N–H and O–H groups in total. The molecule has 1 saturated heterocycles. The van der Waals surface area contributed by atoms with Crippen molar-refractivity contribution in [2.24, 2.45) is 11.8 Å². The maximum Gasteiger partial charge on any atom is 2.00 e. The van der Waals surface area contributed by atoms with E-state index < -0.39 is 59.6 Å². The van der Waals surface area contributed by atoms with Crippen molar-refractivity contribution in [2.45, 2.75) is 89.1 Å². The number of amides is 4. The summed E-state index contributed by atoms with van der Waals surface area (Å²) in [6, 6.07) is 0.285. The molecule has 4 atom stereocenters. The number of carbonyl (C=O) groups is 12. The maximum atomic E-state index is 11.1. The smallest absolute Gasteiger partial charge is 0.677 e. The standard InChI is InChI=1S/C10H11NO6.2C7H13N.C6H7NO3.C4H4O3.2C2H2O4.2CH4O.H2O.2Pt/c12-7-1-2-8(13)11(7)5-6-17-10(16)4-3-9(14)15;2*1-6-4-2-3-5-7(6)8;8-4-3-7-5(9)1-2-6(7)10;5-3-1-2-4(6)7-3;2*3-1(4)2(5)6;2*1-2;;;/h1-2H,3-6H2,(H,14,15);2*6-8H,1-5H2;1-2,8H,3-4H2;1-2H2;2*(H,3,4)(H,5,6);2*2H,1H3;1H2;;/q;2*-2;;;;;;;;2*+2/t;2*6-,7-;;;;;;;;;/m.11........./s1. The molecular weight excluding hydrogens is 1290 g/mol. The summed E-state index contributed by atoms with van der Waals surface area (Å²) in [5, 5.41) is 60.3. The Hall–Kier alpha value is -5.14. The Labute approximate surface area is 426 Å². The number of rotatable bonds is 8. The van der Waals surface area contributed by atoms with E-state index in [9.17, 15) is 38.4 Å². The molecule has 0 bridgehead atoms. The summed E-state index contributed by atoms with van der Waals surface area (Å²) in [6.45, 7) is 7.54. The van der Waals surface area contributed by atoms with E-state index in [1.807, 2.05) is 0 Å². The number of nitrogens with zero attached hydrogens (tertiary/aromatic N) is 2. The molecule has 3 heterocycles. The van der Waals surface area contributed by atoms with Crippen LogP contribution in [0.15, 0.2) is 24.3 Å². The van der Waals surface area contributed by atoms with Crippen molar-refractivity contribution < 1.29 is 155 Å². The summed E-state index contributed by atoms with van der Waals surface area (Å²) in [5.74, 6) is -10.6. The summed E-state index contributed by atoms with van der Waals surface area (Å²) in [5.41, 5.74) is 14.8. The van der Waals surface area contributed by atoms with Gasteiger partial charge >= 0.3 is 89.9 Å². The first kappa shape index (κ1) is 78.0. The predicted molar refractivity (Wildman–Crippen MR) is 228 cm³/mol. The molecule has 0 spiro atoms. The number of hydrogen-bond donors (Lipinski definition) is 8. The fourth-order valence-electron chi connectivity index (χ4n) is 4.78. The Morgan fingerprint density at radius 2 is 0.899 bits per heavy atom. The van der Waals surface area contributed by atoms with E-state index in [2.05, 4.69) is 23.3 Å². The summed E-state index contributed by atoms with van der Waals surface area (Å²) in [4.78, 5) is 123. The third kappa shape index (κ3) is 42.7.